The number of likely N-dealkylation sites (N-methyl/N-ethyl adjacent to an activating group) is 1. The quantitative estimate of drug-likeness (QED) is 0.0597. The number of ether oxygens (including phenoxy) is 2. The molecule has 0 saturated carbocycles. The van der Waals surface area contributed by atoms with E-state index in [1.807, 2.05) is 0 Å². The lowest BCUT2D eigenvalue weighted by Gasteiger charge is -2.29. The van der Waals surface area contributed by atoms with Crippen molar-refractivity contribution in [1.29, 1.82) is 0 Å². The molecule has 3 nitrogen and oxygen atoms in total. The molecule has 0 aliphatic heterocycles. The van der Waals surface area contributed by atoms with Gasteiger partial charge in [-0.25, -0.2) is 0 Å². The average Bonchev–Trinajstić information content (AvgIpc) is 2.87. The summed E-state index contributed by atoms with van der Waals surface area (Å²) in [6, 6.07) is 0.287. The maximum Gasteiger partial charge on any atom is 0.172 e. The summed E-state index contributed by atoms with van der Waals surface area (Å²) in [7, 11) is 4.21. The molecule has 0 amide bonds. The third-order valence-electron chi connectivity index (χ3n) is 7.12. The predicted octanol–water partition coefficient (Wildman–Crippen LogP) is 10.2. The van der Waals surface area contributed by atoms with Crippen molar-refractivity contribution >= 4 is 0 Å². The van der Waals surface area contributed by atoms with Crippen LogP contribution in [-0.2, 0) is 9.47 Å². The van der Waals surface area contributed by atoms with E-state index >= 15 is 0 Å². The van der Waals surface area contributed by atoms with Gasteiger partial charge in [0.15, 0.2) is 6.29 Å². The fourth-order valence-corrected chi connectivity index (χ4v) is 4.30. The molecule has 3 heteroatoms. The first-order chi connectivity index (χ1) is 17.6. The van der Waals surface area contributed by atoms with Crippen LogP contribution in [0.25, 0.3) is 0 Å². The predicted molar refractivity (Wildman–Crippen MR) is 161 cm³/mol. The van der Waals surface area contributed by atoms with Crippen molar-refractivity contribution in [2.45, 2.75) is 162 Å². The van der Waals surface area contributed by atoms with Crippen molar-refractivity contribution < 1.29 is 9.47 Å². The van der Waals surface area contributed by atoms with Crippen LogP contribution in [0.3, 0.4) is 0 Å². The molecule has 0 radical (unpaired) electrons. The lowest BCUT2D eigenvalue weighted by molar-refractivity contribution is -0.172. The molecule has 0 fully saturated rings. The Bertz CT molecular complexity index is 474. The molecule has 0 rings (SSSR count). The lowest BCUT2D eigenvalue weighted by Crippen LogP contribution is -2.40. The lowest BCUT2D eigenvalue weighted by atomic mass is 10.1. The van der Waals surface area contributed by atoms with Crippen LogP contribution in [0.1, 0.15) is 149 Å². The van der Waals surface area contributed by atoms with E-state index in [9.17, 15) is 0 Å². The molecule has 0 N–H and O–H groups in total. The fourth-order valence-electron chi connectivity index (χ4n) is 4.30. The molecule has 2 atom stereocenters. The molecule has 0 aliphatic rings. The summed E-state index contributed by atoms with van der Waals surface area (Å²) in [5.41, 5.74) is 0. The van der Waals surface area contributed by atoms with E-state index in [1.165, 1.54) is 109 Å². The zero-order valence-electron chi connectivity index (χ0n) is 25.3. The maximum absolute atomic E-state index is 6.14. The van der Waals surface area contributed by atoms with Crippen molar-refractivity contribution in [3.05, 3.63) is 24.3 Å². The van der Waals surface area contributed by atoms with Gasteiger partial charge in [-0.15, -0.1) is 0 Å². The molecule has 0 saturated heterocycles. The summed E-state index contributed by atoms with van der Waals surface area (Å²) in [5, 5.41) is 0. The Kier molecular flexibility index (Phi) is 28.4. The first-order valence-corrected chi connectivity index (χ1v) is 15.8. The van der Waals surface area contributed by atoms with Crippen LogP contribution in [0.15, 0.2) is 24.3 Å². The highest BCUT2D eigenvalue weighted by atomic mass is 16.7. The minimum Gasteiger partial charge on any atom is -0.351 e. The van der Waals surface area contributed by atoms with Gasteiger partial charge in [0.05, 0.1) is 6.04 Å². The molecule has 0 bridgehead atoms. The van der Waals surface area contributed by atoms with Gasteiger partial charge < -0.3 is 14.4 Å². The largest absolute Gasteiger partial charge is 0.351 e. The zero-order chi connectivity index (χ0) is 26.5. The van der Waals surface area contributed by atoms with Gasteiger partial charge in [-0.05, 0) is 66.0 Å². The summed E-state index contributed by atoms with van der Waals surface area (Å²) in [6.07, 6.45) is 35.4. The molecule has 0 heterocycles. The van der Waals surface area contributed by atoms with E-state index in [0.717, 1.165) is 32.5 Å². The fraction of sp³-hybridized carbons (Fsp3) is 0.879. The highest BCUT2D eigenvalue weighted by molar-refractivity contribution is 4.92. The van der Waals surface area contributed by atoms with Crippen LogP contribution >= 0.6 is 0 Å². The summed E-state index contributed by atoms with van der Waals surface area (Å²) in [6.45, 7) is 8.35. The van der Waals surface area contributed by atoms with Crippen LogP contribution in [0, 0.1) is 0 Å². The SMILES string of the molecule is CCCCC/C=C\C/C=C\CCCCCCCCCCCCOC(OCCCCCC)[C@H](C)N(C)C. The Labute approximate surface area is 227 Å². The molecule has 0 aliphatic carbocycles. The van der Waals surface area contributed by atoms with E-state index < -0.39 is 0 Å². The second-order valence-corrected chi connectivity index (χ2v) is 10.9. The number of hydrogen-bond donors (Lipinski definition) is 0. The molecule has 1 unspecified atom stereocenters. The normalized spacial score (nSPS) is 13.9. The van der Waals surface area contributed by atoms with Crippen molar-refractivity contribution in [3.63, 3.8) is 0 Å². The molecule has 0 aromatic heterocycles. The summed E-state index contributed by atoms with van der Waals surface area (Å²) < 4.78 is 12.2. The van der Waals surface area contributed by atoms with Crippen LogP contribution in [-0.4, -0.2) is 44.5 Å². The zero-order valence-corrected chi connectivity index (χ0v) is 25.3. The Morgan fingerprint density at radius 2 is 0.917 bits per heavy atom. The molecule has 214 valence electrons. The van der Waals surface area contributed by atoms with E-state index in [1.54, 1.807) is 0 Å². The van der Waals surface area contributed by atoms with Crippen molar-refractivity contribution in [3.8, 4) is 0 Å². The second-order valence-electron chi connectivity index (χ2n) is 10.9. The van der Waals surface area contributed by atoms with Gasteiger partial charge in [0, 0.05) is 13.2 Å². The highest BCUT2D eigenvalue weighted by Gasteiger charge is 2.20. The van der Waals surface area contributed by atoms with Crippen molar-refractivity contribution in [2.75, 3.05) is 27.3 Å². The third-order valence-corrected chi connectivity index (χ3v) is 7.12. The average molecular weight is 508 g/mol. The first kappa shape index (κ1) is 35.4. The molecule has 0 aromatic carbocycles. The van der Waals surface area contributed by atoms with E-state index in [-0.39, 0.29) is 12.3 Å². The summed E-state index contributed by atoms with van der Waals surface area (Å²) in [5.74, 6) is 0. The van der Waals surface area contributed by atoms with Gasteiger partial charge in [0.25, 0.3) is 0 Å². The molecule has 0 aromatic rings. The Morgan fingerprint density at radius 3 is 1.39 bits per heavy atom. The Balaban J connectivity index is 3.52. The van der Waals surface area contributed by atoms with Gasteiger partial charge in [-0.1, -0.05) is 122 Å². The third kappa shape index (κ3) is 25.0. The molecular formula is C33H65NO2. The highest BCUT2D eigenvalue weighted by Crippen LogP contribution is 2.13. The number of allylic oxidation sites excluding steroid dienone is 4. The second kappa shape index (κ2) is 28.9. The van der Waals surface area contributed by atoms with Crippen molar-refractivity contribution in [1.82, 2.24) is 4.90 Å². The molecular weight excluding hydrogens is 442 g/mol. The Hall–Kier alpha value is -0.640. The van der Waals surface area contributed by atoms with Gasteiger partial charge >= 0.3 is 0 Å². The number of nitrogens with zero attached hydrogens (tertiary/aromatic N) is 1. The van der Waals surface area contributed by atoms with E-state index in [4.69, 9.17) is 9.47 Å². The van der Waals surface area contributed by atoms with E-state index in [0.29, 0.717) is 0 Å². The van der Waals surface area contributed by atoms with Crippen LogP contribution in [0.2, 0.25) is 0 Å². The van der Waals surface area contributed by atoms with Crippen LogP contribution < -0.4 is 0 Å². The van der Waals surface area contributed by atoms with Gasteiger partial charge in [0.2, 0.25) is 0 Å². The monoisotopic (exact) mass is 508 g/mol. The minimum absolute atomic E-state index is 0.103. The van der Waals surface area contributed by atoms with E-state index in [2.05, 4.69) is 64.1 Å². The van der Waals surface area contributed by atoms with Crippen LogP contribution in [0.5, 0.6) is 0 Å². The first-order valence-electron chi connectivity index (χ1n) is 15.8. The molecule has 36 heavy (non-hydrogen) atoms. The van der Waals surface area contributed by atoms with Gasteiger partial charge in [0.1, 0.15) is 0 Å². The number of rotatable bonds is 28. The van der Waals surface area contributed by atoms with Crippen molar-refractivity contribution in [2.24, 2.45) is 0 Å². The minimum atomic E-state index is -0.103. The van der Waals surface area contributed by atoms with Crippen LogP contribution in [0.4, 0.5) is 0 Å². The smallest absolute Gasteiger partial charge is 0.172 e. The standard InChI is InChI=1S/C33H65NO2/c1-6-8-10-12-13-14-15-16-17-18-19-20-21-22-23-24-25-26-27-29-31-36-33(32(3)34(4)5)35-30-28-11-9-7-2/h13-14,16-17,32-33H,6-12,15,18-31H2,1-5H3/b14-13-,17-16-/t32-,33?/m0/s1. The molecule has 0 spiro atoms. The summed E-state index contributed by atoms with van der Waals surface area (Å²) >= 11 is 0. The topological polar surface area (TPSA) is 21.7 Å². The van der Waals surface area contributed by atoms with Gasteiger partial charge in [-0.2, -0.15) is 0 Å². The Morgan fingerprint density at radius 1 is 0.528 bits per heavy atom. The van der Waals surface area contributed by atoms with Gasteiger partial charge in [-0.3, -0.25) is 0 Å². The maximum atomic E-state index is 6.14. The number of unbranched alkanes of at least 4 members (excludes halogenated alkanes) is 16. The summed E-state index contributed by atoms with van der Waals surface area (Å²) in [4.78, 5) is 2.20. The number of hydrogen-bond acceptors (Lipinski definition) is 3.